The van der Waals surface area contributed by atoms with E-state index in [1.807, 2.05) is 43.3 Å². The Balaban J connectivity index is 2.92. The SMILES string of the molecule is C/C=C\[C@H](CO)c1cccc(OC)c1. The first-order valence-electron chi connectivity index (χ1n) is 4.69. The molecule has 0 aliphatic carbocycles. The summed E-state index contributed by atoms with van der Waals surface area (Å²) in [5, 5.41) is 9.18. The van der Waals surface area contributed by atoms with Crippen LogP contribution in [-0.4, -0.2) is 18.8 Å². The van der Waals surface area contributed by atoms with Crippen LogP contribution in [0.4, 0.5) is 0 Å². The van der Waals surface area contributed by atoms with Gasteiger partial charge in [-0.15, -0.1) is 0 Å². The highest BCUT2D eigenvalue weighted by atomic mass is 16.5. The lowest BCUT2D eigenvalue weighted by atomic mass is 9.99. The molecule has 0 saturated carbocycles. The van der Waals surface area contributed by atoms with E-state index in [1.165, 1.54) is 0 Å². The Morgan fingerprint density at radius 2 is 2.29 bits per heavy atom. The average molecular weight is 192 g/mol. The fraction of sp³-hybridized carbons (Fsp3) is 0.333. The summed E-state index contributed by atoms with van der Waals surface area (Å²) in [5.74, 6) is 0.889. The summed E-state index contributed by atoms with van der Waals surface area (Å²) in [6.45, 7) is 2.07. The summed E-state index contributed by atoms with van der Waals surface area (Å²) in [6, 6.07) is 7.76. The van der Waals surface area contributed by atoms with Crippen LogP contribution in [0.2, 0.25) is 0 Å². The van der Waals surface area contributed by atoms with Crippen molar-refractivity contribution in [1.82, 2.24) is 0 Å². The van der Waals surface area contributed by atoms with Crippen LogP contribution in [0.3, 0.4) is 0 Å². The molecule has 0 fully saturated rings. The predicted molar refractivity (Wildman–Crippen MR) is 57.6 cm³/mol. The first kappa shape index (κ1) is 10.8. The Hall–Kier alpha value is -1.28. The Morgan fingerprint density at radius 1 is 1.50 bits per heavy atom. The van der Waals surface area contributed by atoms with E-state index in [4.69, 9.17) is 4.74 Å². The van der Waals surface area contributed by atoms with Crippen molar-refractivity contribution in [3.05, 3.63) is 42.0 Å². The Kier molecular flexibility index (Phi) is 4.20. The smallest absolute Gasteiger partial charge is 0.119 e. The maximum Gasteiger partial charge on any atom is 0.119 e. The molecule has 1 rings (SSSR count). The van der Waals surface area contributed by atoms with E-state index in [0.29, 0.717) is 0 Å². The molecule has 0 aliphatic heterocycles. The summed E-state index contributed by atoms with van der Waals surface area (Å²) >= 11 is 0. The number of aliphatic hydroxyl groups excluding tert-OH is 1. The molecule has 0 aliphatic rings. The van der Waals surface area contributed by atoms with Gasteiger partial charge in [0.1, 0.15) is 5.75 Å². The van der Waals surface area contributed by atoms with Gasteiger partial charge in [0.05, 0.1) is 13.7 Å². The number of hydrogen-bond donors (Lipinski definition) is 1. The van der Waals surface area contributed by atoms with Crippen LogP contribution in [0, 0.1) is 0 Å². The van der Waals surface area contributed by atoms with Gasteiger partial charge in [-0.1, -0.05) is 24.3 Å². The quantitative estimate of drug-likeness (QED) is 0.742. The van der Waals surface area contributed by atoms with E-state index in [9.17, 15) is 5.11 Å². The Labute approximate surface area is 84.8 Å². The van der Waals surface area contributed by atoms with Gasteiger partial charge in [-0.05, 0) is 24.6 Å². The molecule has 0 heterocycles. The van der Waals surface area contributed by atoms with Crippen molar-refractivity contribution in [3.8, 4) is 5.75 Å². The fourth-order valence-corrected chi connectivity index (χ4v) is 1.38. The highest BCUT2D eigenvalue weighted by molar-refractivity contribution is 5.32. The second-order valence-electron chi connectivity index (χ2n) is 3.09. The largest absolute Gasteiger partial charge is 0.497 e. The summed E-state index contributed by atoms with van der Waals surface area (Å²) in [7, 11) is 1.64. The standard InChI is InChI=1S/C12H16O2/c1-3-5-11(9-13)10-6-4-7-12(8-10)14-2/h3-8,11,13H,9H2,1-2H3/b5-3-/t11-/m1/s1. The molecule has 1 N–H and O–H groups in total. The van der Waals surface area contributed by atoms with E-state index >= 15 is 0 Å². The zero-order valence-corrected chi connectivity index (χ0v) is 8.60. The molecule has 76 valence electrons. The molecule has 1 aromatic carbocycles. The maximum absolute atomic E-state index is 9.18. The first-order chi connectivity index (χ1) is 6.81. The predicted octanol–water partition coefficient (Wildman–Crippen LogP) is 2.35. The van der Waals surface area contributed by atoms with Crippen molar-refractivity contribution in [1.29, 1.82) is 0 Å². The van der Waals surface area contributed by atoms with Crippen molar-refractivity contribution in [2.24, 2.45) is 0 Å². The van der Waals surface area contributed by atoms with Crippen molar-refractivity contribution in [2.45, 2.75) is 12.8 Å². The molecule has 14 heavy (non-hydrogen) atoms. The number of benzene rings is 1. The monoisotopic (exact) mass is 192 g/mol. The molecular formula is C12H16O2. The molecule has 0 bridgehead atoms. The van der Waals surface area contributed by atoms with Crippen molar-refractivity contribution in [3.63, 3.8) is 0 Å². The molecule has 0 amide bonds. The second kappa shape index (κ2) is 5.45. The Bertz CT molecular complexity index is 305. The molecule has 0 saturated heterocycles. The highest BCUT2D eigenvalue weighted by Crippen LogP contribution is 2.21. The van der Waals surface area contributed by atoms with Crippen LogP contribution in [0.5, 0.6) is 5.75 Å². The number of rotatable bonds is 4. The molecule has 2 heteroatoms. The van der Waals surface area contributed by atoms with Crippen LogP contribution in [-0.2, 0) is 0 Å². The molecule has 2 nitrogen and oxygen atoms in total. The molecular weight excluding hydrogens is 176 g/mol. The maximum atomic E-state index is 9.18. The second-order valence-corrected chi connectivity index (χ2v) is 3.09. The molecule has 1 atom stereocenters. The van der Waals surface area contributed by atoms with E-state index in [1.54, 1.807) is 7.11 Å². The third-order valence-electron chi connectivity index (χ3n) is 2.14. The third-order valence-corrected chi connectivity index (χ3v) is 2.14. The summed E-state index contributed by atoms with van der Waals surface area (Å²) in [4.78, 5) is 0. The van der Waals surface area contributed by atoms with Crippen LogP contribution >= 0.6 is 0 Å². The van der Waals surface area contributed by atoms with Crippen LogP contribution < -0.4 is 4.74 Å². The normalized spacial score (nSPS) is 13.1. The zero-order chi connectivity index (χ0) is 10.4. The summed E-state index contributed by atoms with van der Waals surface area (Å²) in [5.41, 5.74) is 1.07. The van der Waals surface area contributed by atoms with E-state index in [0.717, 1.165) is 11.3 Å². The summed E-state index contributed by atoms with van der Waals surface area (Å²) in [6.07, 6.45) is 3.93. The van der Waals surface area contributed by atoms with Gasteiger partial charge in [-0.2, -0.15) is 0 Å². The van der Waals surface area contributed by atoms with Crippen molar-refractivity contribution < 1.29 is 9.84 Å². The average Bonchev–Trinajstić information content (AvgIpc) is 2.26. The van der Waals surface area contributed by atoms with Crippen LogP contribution in [0.25, 0.3) is 0 Å². The summed E-state index contributed by atoms with van der Waals surface area (Å²) < 4.78 is 5.12. The topological polar surface area (TPSA) is 29.5 Å². The third kappa shape index (κ3) is 2.60. The van der Waals surface area contributed by atoms with Gasteiger partial charge in [-0.3, -0.25) is 0 Å². The van der Waals surface area contributed by atoms with E-state index in [-0.39, 0.29) is 12.5 Å². The number of methoxy groups -OCH3 is 1. The lowest BCUT2D eigenvalue weighted by Gasteiger charge is -2.10. The van der Waals surface area contributed by atoms with Gasteiger partial charge in [0, 0.05) is 5.92 Å². The zero-order valence-electron chi connectivity index (χ0n) is 8.60. The molecule has 0 spiro atoms. The lowest BCUT2D eigenvalue weighted by molar-refractivity contribution is 0.283. The minimum absolute atomic E-state index is 0.0649. The number of hydrogen-bond acceptors (Lipinski definition) is 2. The lowest BCUT2D eigenvalue weighted by Crippen LogP contribution is -2.00. The van der Waals surface area contributed by atoms with Gasteiger partial charge in [-0.25, -0.2) is 0 Å². The Morgan fingerprint density at radius 3 is 2.86 bits per heavy atom. The number of aliphatic hydroxyl groups is 1. The fourth-order valence-electron chi connectivity index (χ4n) is 1.38. The van der Waals surface area contributed by atoms with Gasteiger partial charge >= 0.3 is 0 Å². The van der Waals surface area contributed by atoms with Gasteiger partial charge in [0.15, 0.2) is 0 Å². The van der Waals surface area contributed by atoms with Crippen LogP contribution in [0.15, 0.2) is 36.4 Å². The van der Waals surface area contributed by atoms with Gasteiger partial charge < -0.3 is 9.84 Å². The first-order valence-corrected chi connectivity index (χ1v) is 4.69. The highest BCUT2D eigenvalue weighted by Gasteiger charge is 2.06. The number of allylic oxidation sites excluding steroid dienone is 1. The van der Waals surface area contributed by atoms with Crippen molar-refractivity contribution >= 4 is 0 Å². The minimum atomic E-state index is 0.0649. The van der Waals surface area contributed by atoms with Gasteiger partial charge in [0.2, 0.25) is 0 Å². The van der Waals surface area contributed by atoms with E-state index in [2.05, 4.69) is 0 Å². The van der Waals surface area contributed by atoms with Gasteiger partial charge in [0.25, 0.3) is 0 Å². The van der Waals surface area contributed by atoms with E-state index < -0.39 is 0 Å². The minimum Gasteiger partial charge on any atom is -0.497 e. The van der Waals surface area contributed by atoms with Crippen molar-refractivity contribution in [2.75, 3.05) is 13.7 Å². The molecule has 0 radical (unpaired) electrons. The van der Waals surface area contributed by atoms with Crippen LogP contribution in [0.1, 0.15) is 18.4 Å². The number of ether oxygens (including phenoxy) is 1. The molecule has 0 aromatic heterocycles. The molecule has 0 unspecified atom stereocenters. The molecule has 1 aromatic rings.